The second-order valence-electron chi connectivity index (χ2n) is 5.48. The van der Waals surface area contributed by atoms with E-state index in [4.69, 9.17) is 4.74 Å². The van der Waals surface area contributed by atoms with Crippen molar-refractivity contribution in [3.8, 4) is 5.88 Å². The normalized spacial score (nSPS) is 17.1. The van der Waals surface area contributed by atoms with Crippen molar-refractivity contribution in [2.75, 3.05) is 32.1 Å². The van der Waals surface area contributed by atoms with Gasteiger partial charge in [-0.2, -0.15) is 0 Å². The van der Waals surface area contributed by atoms with Crippen LogP contribution >= 0.6 is 0 Å². The molecule has 0 radical (unpaired) electrons. The van der Waals surface area contributed by atoms with Crippen LogP contribution in [0.4, 0.5) is 5.82 Å². The topological polar surface area (TPSA) is 84.3 Å². The number of hydrogen-bond acceptors (Lipinski definition) is 7. The first-order valence-electron chi connectivity index (χ1n) is 7.35. The van der Waals surface area contributed by atoms with Crippen molar-refractivity contribution >= 4 is 11.7 Å². The van der Waals surface area contributed by atoms with Gasteiger partial charge < -0.3 is 14.5 Å². The maximum absolute atomic E-state index is 12.3. The Morgan fingerprint density at radius 1 is 1.30 bits per heavy atom. The Hall–Kier alpha value is -2.77. The molecule has 8 heteroatoms. The van der Waals surface area contributed by atoms with E-state index in [0.717, 1.165) is 12.2 Å². The Labute approximate surface area is 134 Å². The minimum absolute atomic E-state index is 0.0828. The average Bonchev–Trinajstić information content (AvgIpc) is 3.03. The maximum Gasteiger partial charge on any atom is 0.274 e. The molecule has 1 saturated heterocycles. The summed E-state index contributed by atoms with van der Waals surface area (Å²) in [4.78, 5) is 32.2. The molecule has 3 heterocycles. The highest BCUT2D eigenvalue weighted by atomic mass is 16.5. The van der Waals surface area contributed by atoms with E-state index in [2.05, 4.69) is 19.9 Å². The molecule has 0 aromatic carbocycles. The lowest BCUT2D eigenvalue weighted by atomic mass is 10.3. The van der Waals surface area contributed by atoms with E-state index in [1.165, 1.54) is 18.7 Å². The Morgan fingerprint density at radius 3 is 2.91 bits per heavy atom. The molecule has 1 amide bonds. The highest BCUT2D eigenvalue weighted by Gasteiger charge is 2.29. The number of aromatic nitrogens is 4. The Morgan fingerprint density at radius 2 is 2.17 bits per heavy atom. The molecule has 2 aromatic heterocycles. The molecule has 2 aromatic rings. The molecule has 1 unspecified atom stereocenters. The fourth-order valence-corrected chi connectivity index (χ4v) is 2.39. The van der Waals surface area contributed by atoms with Crippen molar-refractivity contribution in [3.05, 3.63) is 36.7 Å². The molecule has 1 aliphatic rings. The Balaban J connectivity index is 1.62. The summed E-state index contributed by atoms with van der Waals surface area (Å²) in [5, 5.41) is 0. The van der Waals surface area contributed by atoms with Crippen LogP contribution in [0.15, 0.2) is 31.0 Å². The number of likely N-dealkylation sites (tertiary alicyclic amines) is 1. The first-order chi connectivity index (χ1) is 11.1. The van der Waals surface area contributed by atoms with Crippen LogP contribution in [0.25, 0.3) is 0 Å². The third-order valence-electron chi connectivity index (χ3n) is 3.59. The average molecular weight is 314 g/mol. The predicted octanol–water partition coefficient (Wildman–Crippen LogP) is 0.626. The van der Waals surface area contributed by atoms with E-state index < -0.39 is 0 Å². The van der Waals surface area contributed by atoms with Crippen LogP contribution in [0, 0.1) is 0 Å². The number of amides is 1. The minimum atomic E-state index is -0.124. The molecule has 3 rings (SSSR count). The molecule has 0 N–H and O–H groups in total. The second-order valence-corrected chi connectivity index (χ2v) is 5.48. The number of hydrogen-bond donors (Lipinski definition) is 0. The third-order valence-corrected chi connectivity index (χ3v) is 3.59. The number of carbonyl (C=O) groups is 1. The van der Waals surface area contributed by atoms with Crippen molar-refractivity contribution < 1.29 is 9.53 Å². The van der Waals surface area contributed by atoms with Crippen LogP contribution in [-0.2, 0) is 0 Å². The summed E-state index contributed by atoms with van der Waals surface area (Å²) >= 11 is 0. The highest BCUT2D eigenvalue weighted by Crippen LogP contribution is 2.20. The number of carbonyl (C=O) groups excluding carboxylic acids is 1. The van der Waals surface area contributed by atoms with Crippen LogP contribution in [0.3, 0.4) is 0 Å². The number of rotatable bonds is 4. The molecular weight excluding hydrogens is 296 g/mol. The van der Waals surface area contributed by atoms with Gasteiger partial charge in [0.2, 0.25) is 5.88 Å². The molecule has 0 bridgehead atoms. The zero-order valence-electron chi connectivity index (χ0n) is 13.1. The molecule has 23 heavy (non-hydrogen) atoms. The lowest BCUT2D eigenvalue weighted by molar-refractivity contribution is 0.0765. The van der Waals surface area contributed by atoms with Gasteiger partial charge in [0, 0.05) is 45.5 Å². The molecule has 0 saturated carbocycles. The molecular formula is C15H18N6O2. The van der Waals surface area contributed by atoms with Gasteiger partial charge in [0.05, 0.1) is 12.7 Å². The van der Waals surface area contributed by atoms with Gasteiger partial charge in [0.15, 0.2) is 0 Å². The number of nitrogens with zero attached hydrogens (tertiary/aromatic N) is 6. The lowest BCUT2D eigenvalue weighted by Gasteiger charge is -2.17. The van der Waals surface area contributed by atoms with Crippen LogP contribution < -0.4 is 9.64 Å². The van der Waals surface area contributed by atoms with Gasteiger partial charge in [-0.3, -0.25) is 9.78 Å². The van der Waals surface area contributed by atoms with Crippen molar-refractivity contribution in [3.63, 3.8) is 0 Å². The molecule has 120 valence electrons. The van der Waals surface area contributed by atoms with Crippen LogP contribution in [-0.4, -0.2) is 64.0 Å². The van der Waals surface area contributed by atoms with Crippen LogP contribution in [0.5, 0.6) is 5.88 Å². The Kier molecular flexibility index (Phi) is 4.31. The predicted molar refractivity (Wildman–Crippen MR) is 83.3 cm³/mol. The molecule has 1 atom stereocenters. The van der Waals surface area contributed by atoms with Crippen LogP contribution in [0.1, 0.15) is 16.9 Å². The number of ether oxygens (including phenoxy) is 1. The standard InChI is InChI=1S/C15H18N6O2/c1-20(2)13-7-14(19-10-18-13)23-11-3-6-21(9-11)15(22)12-8-16-4-5-17-12/h4-5,7-8,10-11H,3,6,9H2,1-2H3. The van der Waals surface area contributed by atoms with Crippen molar-refractivity contribution in [1.29, 1.82) is 0 Å². The highest BCUT2D eigenvalue weighted by molar-refractivity contribution is 5.92. The monoisotopic (exact) mass is 314 g/mol. The van der Waals surface area contributed by atoms with Gasteiger partial charge in [-0.05, 0) is 0 Å². The van der Waals surface area contributed by atoms with E-state index >= 15 is 0 Å². The van der Waals surface area contributed by atoms with Gasteiger partial charge in [-0.1, -0.05) is 0 Å². The van der Waals surface area contributed by atoms with Crippen molar-refractivity contribution in [1.82, 2.24) is 24.8 Å². The molecule has 0 aliphatic carbocycles. The van der Waals surface area contributed by atoms with Gasteiger partial charge in [-0.25, -0.2) is 15.0 Å². The Bertz CT molecular complexity index is 679. The third kappa shape index (κ3) is 3.53. The van der Waals surface area contributed by atoms with Crippen molar-refractivity contribution in [2.24, 2.45) is 0 Å². The largest absolute Gasteiger partial charge is 0.472 e. The summed E-state index contributed by atoms with van der Waals surface area (Å²) in [5.74, 6) is 1.17. The summed E-state index contributed by atoms with van der Waals surface area (Å²) in [6.45, 7) is 1.14. The van der Waals surface area contributed by atoms with E-state index in [1.54, 1.807) is 17.2 Å². The first-order valence-corrected chi connectivity index (χ1v) is 7.35. The van der Waals surface area contributed by atoms with Crippen LogP contribution in [0.2, 0.25) is 0 Å². The maximum atomic E-state index is 12.3. The quantitative estimate of drug-likeness (QED) is 0.818. The summed E-state index contributed by atoms with van der Waals surface area (Å²) in [5.41, 5.74) is 0.352. The molecule has 0 spiro atoms. The first kappa shape index (κ1) is 15.1. The summed E-state index contributed by atoms with van der Waals surface area (Å²) < 4.78 is 5.87. The van der Waals surface area contributed by atoms with Gasteiger partial charge in [0.25, 0.3) is 5.91 Å². The van der Waals surface area contributed by atoms with Gasteiger partial charge >= 0.3 is 0 Å². The zero-order valence-corrected chi connectivity index (χ0v) is 13.1. The second kappa shape index (κ2) is 6.55. The van der Waals surface area contributed by atoms with E-state index in [1.807, 2.05) is 19.0 Å². The van der Waals surface area contributed by atoms with Crippen molar-refractivity contribution in [2.45, 2.75) is 12.5 Å². The zero-order chi connectivity index (χ0) is 16.2. The summed E-state index contributed by atoms with van der Waals surface area (Å²) in [6, 6.07) is 1.78. The fraction of sp³-hybridized carbons (Fsp3) is 0.400. The number of anilines is 1. The minimum Gasteiger partial charge on any atom is -0.472 e. The van der Waals surface area contributed by atoms with E-state index in [0.29, 0.717) is 24.7 Å². The van der Waals surface area contributed by atoms with E-state index in [9.17, 15) is 4.79 Å². The van der Waals surface area contributed by atoms with Gasteiger partial charge in [0.1, 0.15) is 23.9 Å². The smallest absolute Gasteiger partial charge is 0.274 e. The molecule has 1 fully saturated rings. The van der Waals surface area contributed by atoms with E-state index in [-0.39, 0.29) is 12.0 Å². The fourth-order valence-electron chi connectivity index (χ4n) is 2.39. The summed E-state index contributed by atoms with van der Waals surface area (Å²) in [7, 11) is 3.81. The molecule has 8 nitrogen and oxygen atoms in total. The molecule has 1 aliphatic heterocycles. The lowest BCUT2D eigenvalue weighted by Crippen LogP contribution is -2.31. The van der Waals surface area contributed by atoms with Gasteiger partial charge in [-0.15, -0.1) is 0 Å². The SMILES string of the molecule is CN(C)c1cc(OC2CCN(C(=O)c3cnccn3)C2)ncn1. The summed E-state index contributed by atoms with van der Waals surface area (Å²) in [6.07, 6.45) is 6.69.